The first kappa shape index (κ1) is 12.5. The van der Waals surface area contributed by atoms with Crippen LogP contribution in [0.25, 0.3) is 0 Å². The van der Waals surface area contributed by atoms with Gasteiger partial charge in [0.1, 0.15) is 5.60 Å². The van der Waals surface area contributed by atoms with Crippen molar-refractivity contribution in [2.75, 3.05) is 19.6 Å². The summed E-state index contributed by atoms with van der Waals surface area (Å²) >= 11 is 0. The summed E-state index contributed by atoms with van der Waals surface area (Å²) < 4.78 is 5.21. The third-order valence-electron chi connectivity index (χ3n) is 2.30. The zero-order valence-electron chi connectivity index (χ0n) is 10.0. The summed E-state index contributed by atoms with van der Waals surface area (Å²) in [6, 6.07) is 0. The lowest BCUT2D eigenvalue weighted by molar-refractivity contribution is -0.155. The summed E-state index contributed by atoms with van der Waals surface area (Å²) in [7, 11) is 0. The van der Waals surface area contributed by atoms with Crippen molar-refractivity contribution in [2.24, 2.45) is 0 Å². The molecule has 0 spiro atoms. The molecule has 0 unspecified atom stereocenters. The Labute approximate surface area is 91.2 Å². The van der Waals surface area contributed by atoms with E-state index >= 15 is 0 Å². The Morgan fingerprint density at radius 3 is 2.53 bits per heavy atom. The number of rotatable bonds is 2. The Hall–Kier alpha value is -0.610. The number of ether oxygens (including phenoxy) is 1. The van der Waals surface area contributed by atoms with Crippen molar-refractivity contribution in [1.82, 2.24) is 4.90 Å². The molecule has 0 aromatic rings. The Balaban J connectivity index is 2.34. The third-order valence-corrected chi connectivity index (χ3v) is 2.30. The van der Waals surface area contributed by atoms with Crippen molar-refractivity contribution in [2.45, 2.75) is 45.3 Å². The number of likely N-dealkylation sites (tertiary alicyclic amines) is 1. The molecule has 1 saturated heterocycles. The van der Waals surface area contributed by atoms with Crippen LogP contribution in [-0.4, -0.2) is 46.8 Å². The van der Waals surface area contributed by atoms with E-state index in [1.807, 2.05) is 25.7 Å². The SMILES string of the molecule is CC(C)(C)OC(=O)CN1CC[C@](C)(O)C1. The molecule has 0 saturated carbocycles. The second-order valence-electron chi connectivity index (χ2n) is 5.54. The molecular weight excluding hydrogens is 194 g/mol. The maximum atomic E-state index is 11.5. The van der Waals surface area contributed by atoms with Gasteiger partial charge in [-0.05, 0) is 34.1 Å². The second-order valence-corrected chi connectivity index (χ2v) is 5.54. The number of aliphatic hydroxyl groups is 1. The molecule has 4 nitrogen and oxygen atoms in total. The molecule has 1 atom stereocenters. The average molecular weight is 215 g/mol. The number of carbonyl (C=O) groups is 1. The van der Waals surface area contributed by atoms with Gasteiger partial charge < -0.3 is 9.84 Å². The van der Waals surface area contributed by atoms with Gasteiger partial charge in [0.05, 0.1) is 12.1 Å². The lowest BCUT2D eigenvalue weighted by Gasteiger charge is -2.22. The highest BCUT2D eigenvalue weighted by molar-refractivity contribution is 5.72. The van der Waals surface area contributed by atoms with Gasteiger partial charge in [0, 0.05) is 13.1 Å². The Kier molecular flexibility index (Phi) is 3.41. The van der Waals surface area contributed by atoms with E-state index in [1.165, 1.54) is 0 Å². The lowest BCUT2D eigenvalue weighted by Crippen LogP contribution is -2.36. The fourth-order valence-electron chi connectivity index (χ4n) is 1.73. The van der Waals surface area contributed by atoms with Crippen LogP contribution in [0.2, 0.25) is 0 Å². The summed E-state index contributed by atoms with van der Waals surface area (Å²) in [6.07, 6.45) is 0.718. The van der Waals surface area contributed by atoms with Crippen molar-refractivity contribution in [1.29, 1.82) is 0 Å². The maximum absolute atomic E-state index is 11.5. The Bertz CT molecular complexity index is 243. The number of carbonyl (C=O) groups excluding carboxylic acids is 1. The summed E-state index contributed by atoms with van der Waals surface area (Å²) in [5.41, 5.74) is -1.08. The minimum Gasteiger partial charge on any atom is -0.459 e. The van der Waals surface area contributed by atoms with Crippen LogP contribution >= 0.6 is 0 Å². The van der Waals surface area contributed by atoms with E-state index < -0.39 is 11.2 Å². The first-order valence-corrected chi connectivity index (χ1v) is 5.35. The van der Waals surface area contributed by atoms with Crippen LogP contribution in [0.3, 0.4) is 0 Å². The number of β-amino-alcohol motifs (C(OH)–C–C–N with tert-alkyl or cyclic N) is 1. The maximum Gasteiger partial charge on any atom is 0.320 e. The minimum atomic E-state index is -0.651. The molecule has 15 heavy (non-hydrogen) atoms. The van der Waals surface area contributed by atoms with Gasteiger partial charge in [0.15, 0.2) is 0 Å². The van der Waals surface area contributed by atoms with Crippen LogP contribution in [0.1, 0.15) is 34.1 Å². The molecule has 0 aromatic carbocycles. The Morgan fingerprint density at radius 1 is 1.53 bits per heavy atom. The molecule has 0 bridgehead atoms. The van der Waals surface area contributed by atoms with Crippen LogP contribution < -0.4 is 0 Å². The lowest BCUT2D eigenvalue weighted by atomic mass is 10.1. The standard InChI is InChI=1S/C11H21NO3/c1-10(2,3)15-9(13)7-12-6-5-11(4,14)8-12/h14H,5-8H2,1-4H3/t11-/m0/s1. The summed E-state index contributed by atoms with van der Waals surface area (Å²) in [5, 5.41) is 9.72. The highest BCUT2D eigenvalue weighted by atomic mass is 16.6. The Morgan fingerprint density at radius 2 is 2.13 bits per heavy atom. The van der Waals surface area contributed by atoms with Crippen LogP contribution in [0, 0.1) is 0 Å². The predicted octanol–water partition coefficient (Wildman–Crippen LogP) is 0.785. The minimum absolute atomic E-state index is 0.222. The summed E-state index contributed by atoms with van der Waals surface area (Å²) in [6.45, 7) is 8.93. The van der Waals surface area contributed by atoms with Gasteiger partial charge in [-0.3, -0.25) is 9.69 Å². The third kappa shape index (κ3) is 4.62. The van der Waals surface area contributed by atoms with E-state index in [0.29, 0.717) is 6.54 Å². The van der Waals surface area contributed by atoms with Crippen molar-refractivity contribution < 1.29 is 14.6 Å². The molecule has 1 N–H and O–H groups in total. The number of hydrogen-bond acceptors (Lipinski definition) is 4. The quantitative estimate of drug-likeness (QED) is 0.692. The van der Waals surface area contributed by atoms with E-state index in [9.17, 15) is 9.90 Å². The highest BCUT2D eigenvalue weighted by Crippen LogP contribution is 2.20. The molecule has 88 valence electrons. The molecule has 1 fully saturated rings. The largest absolute Gasteiger partial charge is 0.459 e. The second kappa shape index (κ2) is 4.10. The van der Waals surface area contributed by atoms with Crippen LogP contribution in [-0.2, 0) is 9.53 Å². The molecule has 1 rings (SSSR count). The molecule has 0 amide bonds. The monoisotopic (exact) mass is 215 g/mol. The molecular formula is C11H21NO3. The molecule has 0 aromatic heterocycles. The average Bonchev–Trinajstić information content (AvgIpc) is 2.25. The van der Waals surface area contributed by atoms with Crippen LogP contribution in [0.5, 0.6) is 0 Å². The molecule has 0 aliphatic carbocycles. The van der Waals surface area contributed by atoms with Crippen molar-refractivity contribution in [3.8, 4) is 0 Å². The fourth-order valence-corrected chi connectivity index (χ4v) is 1.73. The van der Waals surface area contributed by atoms with Gasteiger partial charge in [0.2, 0.25) is 0 Å². The van der Waals surface area contributed by atoms with E-state index in [0.717, 1.165) is 13.0 Å². The van der Waals surface area contributed by atoms with Crippen molar-refractivity contribution >= 4 is 5.97 Å². The number of hydrogen-bond donors (Lipinski definition) is 1. The van der Waals surface area contributed by atoms with E-state index in [-0.39, 0.29) is 12.5 Å². The highest BCUT2D eigenvalue weighted by Gasteiger charge is 2.32. The first-order valence-electron chi connectivity index (χ1n) is 5.35. The van der Waals surface area contributed by atoms with Gasteiger partial charge in [-0.2, -0.15) is 0 Å². The molecule has 4 heteroatoms. The van der Waals surface area contributed by atoms with E-state index in [1.54, 1.807) is 6.92 Å². The van der Waals surface area contributed by atoms with Gasteiger partial charge in [0.25, 0.3) is 0 Å². The van der Waals surface area contributed by atoms with E-state index in [4.69, 9.17) is 4.74 Å². The normalized spacial score (nSPS) is 28.1. The smallest absolute Gasteiger partial charge is 0.320 e. The molecule has 1 aliphatic rings. The molecule has 1 aliphatic heterocycles. The van der Waals surface area contributed by atoms with Gasteiger partial charge >= 0.3 is 5.97 Å². The summed E-state index contributed by atoms with van der Waals surface area (Å²) in [4.78, 5) is 13.4. The summed E-state index contributed by atoms with van der Waals surface area (Å²) in [5.74, 6) is -0.222. The molecule has 0 radical (unpaired) electrons. The van der Waals surface area contributed by atoms with Gasteiger partial charge in [-0.25, -0.2) is 0 Å². The zero-order valence-corrected chi connectivity index (χ0v) is 10.0. The number of nitrogens with zero attached hydrogens (tertiary/aromatic N) is 1. The van der Waals surface area contributed by atoms with Crippen LogP contribution in [0.4, 0.5) is 0 Å². The zero-order chi connectivity index (χ0) is 11.7. The van der Waals surface area contributed by atoms with Crippen molar-refractivity contribution in [3.63, 3.8) is 0 Å². The first-order chi connectivity index (χ1) is 6.68. The van der Waals surface area contributed by atoms with Crippen molar-refractivity contribution in [3.05, 3.63) is 0 Å². The van der Waals surface area contributed by atoms with E-state index in [2.05, 4.69) is 0 Å². The van der Waals surface area contributed by atoms with Gasteiger partial charge in [-0.15, -0.1) is 0 Å². The topological polar surface area (TPSA) is 49.8 Å². The fraction of sp³-hybridized carbons (Fsp3) is 0.909. The van der Waals surface area contributed by atoms with Crippen LogP contribution in [0.15, 0.2) is 0 Å². The molecule has 1 heterocycles. The number of esters is 1. The van der Waals surface area contributed by atoms with Gasteiger partial charge in [-0.1, -0.05) is 0 Å². The predicted molar refractivity (Wildman–Crippen MR) is 57.5 cm³/mol.